The normalized spacial score (nSPS) is 10.2. The van der Waals surface area contributed by atoms with Crippen molar-refractivity contribution in [3.05, 3.63) is 42.1 Å². The van der Waals surface area contributed by atoms with Gasteiger partial charge >= 0.3 is 0 Å². The highest BCUT2D eigenvalue weighted by Crippen LogP contribution is 2.14. The molecule has 0 radical (unpaired) electrons. The van der Waals surface area contributed by atoms with Crippen molar-refractivity contribution in [2.45, 2.75) is 0 Å². The SMILES string of the molecule is O=C(Cl)c1ccc2cccnc2c1. The number of hydrogen-bond acceptors (Lipinski definition) is 2. The number of aromatic nitrogens is 1. The van der Waals surface area contributed by atoms with Crippen LogP contribution in [0.15, 0.2) is 36.5 Å². The molecule has 0 atom stereocenters. The van der Waals surface area contributed by atoms with E-state index in [1.165, 1.54) is 0 Å². The second-order valence-electron chi connectivity index (χ2n) is 2.68. The van der Waals surface area contributed by atoms with E-state index in [0.717, 1.165) is 10.9 Å². The summed E-state index contributed by atoms with van der Waals surface area (Å²) in [5.74, 6) is 0. The summed E-state index contributed by atoms with van der Waals surface area (Å²) in [7, 11) is 0. The maximum absolute atomic E-state index is 10.8. The van der Waals surface area contributed by atoms with Crippen LogP contribution in [-0.4, -0.2) is 10.2 Å². The first-order chi connectivity index (χ1) is 6.27. The zero-order chi connectivity index (χ0) is 9.26. The Morgan fingerprint density at radius 2 is 2.15 bits per heavy atom. The summed E-state index contributed by atoms with van der Waals surface area (Å²) in [6, 6.07) is 9.00. The van der Waals surface area contributed by atoms with Gasteiger partial charge in [-0.15, -0.1) is 0 Å². The lowest BCUT2D eigenvalue weighted by Crippen LogP contribution is -1.88. The standard InChI is InChI=1S/C10H6ClNO/c11-10(13)8-4-3-7-2-1-5-12-9(7)6-8/h1-6H. The summed E-state index contributed by atoms with van der Waals surface area (Å²) in [4.78, 5) is 14.9. The predicted octanol–water partition coefficient (Wildman–Crippen LogP) is 2.61. The fourth-order valence-corrected chi connectivity index (χ4v) is 1.31. The molecular formula is C10H6ClNO. The van der Waals surface area contributed by atoms with E-state index >= 15 is 0 Å². The van der Waals surface area contributed by atoms with Crippen LogP contribution in [0.3, 0.4) is 0 Å². The van der Waals surface area contributed by atoms with E-state index in [1.54, 1.807) is 18.3 Å². The minimum absolute atomic E-state index is 0.451. The Labute approximate surface area is 80.2 Å². The van der Waals surface area contributed by atoms with Gasteiger partial charge in [0.15, 0.2) is 0 Å². The number of rotatable bonds is 1. The van der Waals surface area contributed by atoms with Crippen LogP contribution in [0.2, 0.25) is 0 Å². The van der Waals surface area contributed by atoms with Crippen LogP contribution in [-0.2, 0) is 0 Å². The predicted molar refractivity (Wildman–Crippen MR) is 51.9 cm³/mol. The van der Waals surface area contributed by atoms with Crippen LogP contribution < -0.4 is 0 Å². The van der Waals surface area contributed by atoms with Crippen LogP contribution in [0.4, 0.5) is 0 Å². The second-order valence-corrected chi connectivity index (χ2v) is 3.03. The lowest BCUT2D eigenvalue weighted by molar-refractivity contribution is 0.108. The van der Waals surface area contributed by atoms with Gasteiger partial charge in [-0.05, 0) is 29.8 Å². The molecule has 3 heteroatoms. The van der Waals surface area contributed by atoms with Gasteiger partial charge in [-0.2, -0.15) is 0 Å². The molecule has 0 spiro atoms. The van der Waals surface area contributed by atoms with E-state index < -0.39 is 5.24 Å². The maximum Gasteiger partial charge on any atom is 0.252 e. The summed E-state index contributed by atoms with van der Waals surface area (Å²) >= 11 is 5.34. The van der Waals surface area contributed by atoms with E-state index in [0.29, 0.717) is 5.56 Å². The molecule has 0 N–H and O–H groups in total. The van der Waals surface area contributed by atoms with E-state index in [1.807, 2.05) is 18.2 Å². The van der Waals surface area contributed by atoms with Crippen molar-refractivity contribution in [1.82, 2.24) is 4.98 Å². The molecule has 0 aliphatic heterocycles. The minimum Gasteiger partial charge on any atom is -0.276 e. The first-order valence-electron chi connectivity index (χ1n) is 3.82. The summed E-state index contributed by atoms with van der Waals surface area (Å²) in [5.41, 5.74) is 1.27. The first-order valence-corrected chi connectivity index (χ1v) is 4.20. The van der Waals surface area contributed by atoms with Gasteiger partial charge in [0, 0.05) is 17.1 Å². The Balaban J connectivity index is 2.69. The molecule has 0 aliphatic carbocycles. The van der Waals surface area contributed by atoms with E-state index in [9.17, 15) is 4.79 Å². The quantitative estimate of drug-likeness (QED) is 0.649. The van der Waals surface area contributed by atoms with Gasteiger partial charge in [-0.25, -0.2) is 0 Å². The number of nitrogens with zero attached hydrogens (tertiary/aromatic N) is 1. The second kappa shape index (κ2) is 3.15. The van der Waals surface area contributed by atoms with E-state index in [2.05, 4.69) is 4.98 Å². The summed E-state index contributed by atoms with van der Waals surface area (Å²) in [6.45, 7) is 0. The molecule has 2 nitrogen and oxygen atoms in total. The van der Waals surface area contributed by atoms with Gasteiger partial charge in [0.1, 0.15) is 0 Å². The third-order valence-electron chi connectivity index (χ3n) is 1.83. The average molecular weight is 192 g/mol. The van der Waals surface area contributed by atoms with Gasteiger partial charge in [0.25, 0.3) is 5.24 Å². The molecule has 1 aromatic carbocycles. The van der Waals surface area contributed by atoms with Crippen LogP contribution in [0.25, 0.3) is 10.9 Å². The maximum atomic E-state index is 10.8. The Hall–Kier alpha value is -1.41. The number of halogens is 1. The number of hydrogen-bond donors (Lipinski definition) is 0. The van der Waals surface area contributed by atoms with Gasteiger partial charge in [0.2, 0.25) is 0 Å². The molecule has 0 unspecified atom stereocenters. The number of carbonyl (C=O) groups excluding carboxylic acids is 1. The minimum atomic E-state index is -0.451. The molecular weight excluding hydrogens is 186 g/mol. The fraction of sp³-hybridized carbons (Fsp3) is 0. The third-order valence-corrected chi connectivity index (χ3v) is 2.05. The molecule has 13 heavy (non-hydrogen) atoms. The van der Waals surface area contributed by atoms with Crippen molar-refractivity contribution in [3.63, 3.8) is 0 Å². The van der Waals surface area contributed by atoms with Crippen LogP contribution in [0, 0.1) is 0 Å². The molecule has 0 aliphatic rings. The molecule has 0 bridgehead atoms. The third kappa shape index (κ3) is 1.53. The smallest absolute Gasteiger partial charge is 0.252 e. The molecule has 64 valence electrons. The molecule has 2 rings (SSSR count). The molecule has 1 heterocycles. The van der Waals surface area contributed by atoms with Crippen molar-refractivity contribution in [1.29, 1.82) is 0 Å². The highest BCUT2D eigenvalue weighted by atomic mass is 35.5. The van der Waals surface area contributed by atoms with E-state index in [-0.39, 0.29) is 0 Å². The Morgan fingerprint density at radius 1 is 1.31 bits per heavy atom. The number of pyridine rings is 1. The van der Waals surface area contributed by atoms with Gasteiger partial charge < -0.3 is 0 Å². The average Bonchev–Trinajstić information content (AvgIpc) is 2.17. The van der Waals surface area contributed by atoms with Crippen LogP contribution >= 0.6 is 11.6 Å². The zero-order valence-electron chi connectivity index (χ0n) is 6.70. The topological polar surface area (TPSA) is 30.0 Å². The number of fused-ring (bicyclic) bond motifs is 1. The van der Waals surface area contributed by atoms with Crippen LogP contribution in [0.5, 0.6) is 0 Å². The molecule has 0 fully saturated rings. The summed E-state index contributed by atoms with van der Waals surface area (Å²) in [5, 5.41) is 0.553. The lowest BCUT2D eigenvalue weighted by atomic mass is 10.1. The lowest BCUT2D eigenvalue weighted by Gasteiger charge is -1.97. The Bertz CT molecular complexity index is 467. The Kier molecular flexibility index (Phi) is 1.99. The van der Waals surface area contributed by atoms with Crippen molar-refractivity contribution in [2.24, 2.45) is 0 Å². The molecule has 0 amide bonds. The molecule has 1 aromatic heterocycles. The van der Waals surface area contributed by atoms with E-state index in [4.69, 9.17) is 11.6 Å². The molecule has 0 saturated carbocycles. The summed E-state index contributed by atoms with van der Waals surface area (Å²) < 4.78 is 0. The van der Waals surface area contributed by atoms with Gasteiger partial charge in [-0.3, -0.25) is 9.78 Å². The highest BCUT2D eigenvalue weighted by molar-refractivity contribution is 6.67. The largest absolute Gasteiger partial charge is 0.276 e. The monoisotopic (exact) mass is 191 g/mol. The summed E-state index contributed by atoms with van der Waals surface area (Å²) in [6.07, 6.45) is 1.69. The van der Waals surface area contributed by atoms with Gasteiger partial charge in [-0.1, -0.05) is 12.1 Å². The number of carbonyl (C=O) groups is 1. The first kappa shape index (κ1) is 8.20. The van der Waals surface area contributed by atoms with Gasteiger partial charge in [0.05, 0.1) is 5.52 Å². The zero-order valence-corrected chi connectivity index (χ0v) is 7.45. The van der Waals surface area contributed by atoms with Crippen molar-refractivity contribution in [2.75, 3.05) is 0 Å². The fourth-order valence-electron chi connectivity index (χ4n) is 1.19. The highest BCUT2D eigenvalue weighted by Gasteiger charge is 2.02. The van der Waals surface area contributed by atoms with Crippen molar-refractivity contribution < 1.29 is 4.79 Å². The Morgan fingerprint density at radius 3 is 2.92 bits per heavy atom. The van der Waals surface area contributed by atoms with Crippen LogP contribution in [0.1, 0.15) is 10.4 Å². The number of benzene rings is 1. The molecule has 2 aromatic rings. The van der Waals surface area contributed by atoms with Crippen molar-refractivity contribution >= 4 is 27.7 Å². The van der Waals surface area contributed by atoms with Crippen molar-refractivity contribution in [3.8, 4) is 0 Å². The molecule has 0 saturated heterocycles.